The van der Waals surface area contributed by atoms with Crippen molar-refractivity contribution in [1.82, 2.24) is 15.6 Å². The Kier molecular flexibility index (Phi) is 4.06. The summed E-state index contributed by atoms with van der Waals surface area (Å²) in [6, 6.07) is 0. The van der Waals surface area contributed by atoms with Crippen LogP contribution < -0.4 is 11.1 Å². The second kappa shape index (κ2) is 5.13. The minimum absolute atomic E-state index is 0.0639. The SMILES string of the molecule is CC(C)CC(C)(O)CNC(=O)c1nonc1N. The molecule has 0 radical (unpaired) electrons. The van der Waals surface area contributed by atoms with Crippen molar-refractivity contribution in [2.45, 2.75) is 32.8 Å². The maximum absolute atomic E-state index is 11.6. The molecule has 7 nitrogen and oxygen atoms in total. The average Bonchev–Trinajstić information content (AvgIpc) is 2.59. The highest BCUT2D eigenvalue weighted by molar-refractivity contribution is 5.95. The summed E-state index contributed by atoms with van der Waals surface area (Å²) in [6.45, 7) is 5.78. The first-order valence-corrected chi connectivity index (χ1v) is 5.40. The van der Waals surface area contributed by atoms with Gasteiger partial charge in [-0.1, -0.05) is 13.8 Å². The Balaban J connectivity index is 2.51. The van der Waals surface area contributed by atoms with Gasteiger partial charge in [-0.25, -0.2) is 4.63 Å². The van der Waals surface area contributed by atoms with Crippen LogP contribution in [0.1, 0.15) is 37.7 Å². The lowest BCUT2D eigenvalue weighted by atomic mass is 9.94. The third kappa shape index (κ3) is 4.03. The molecule has 0 fully saturated rings. The zero-order valence-electron chi connectivity index (χ0n) is 10.2. The number of rotatable bonds is 5. The molecule has 17 heavy (non-hydrogen) atoms. The number of carbonyl (C=O) groups excluding carboxylic acids is 1. The van der Waals surface area contributed by atoms with Crippen molar-refractivity contribution < 1.29 is 14.5 Å². The van der Waals surface area contributed by atoms with Crippen molar-refractivity contribution in [3.05, 3.63) is 5.69 Å². The number of anilines is 1. The van der Waals surface area contributed by atoms with Gasteiger partial charge in [0.1, 0.15) is 0 Å². The van der Waals surface area contributed by atoms with Gasteiger partial charge in [-0.15, -0.1) is 0 Å². The van der Waals surface area contributed by atoms with Crippen molar-refractivity contribution in [3.8, 4) is 0 Å². The molecule has 1 aromatic rings. The Hall–Kier alpha value is -1.63. The van der Waals surface area contributed by atoms with Gasteiger partial charge in [-0.05, 0) is 29.6 Å². The number of amides is 1. The fourth-order valence-corrected chi connectivity index (χ4v) is 1.66. The van der Waals surface area contributed by atoms with Crippen LogP contribution in [0.3, 0.4) is 0 Å². The van der Waals surface area contributed by atoms with Gasteiger partial charge in [0, 0.05) is 6.54 Å². The number of hydrogen-bond donors (Lipinski definition) is 3. The number of nitrogens with two attached hydrogens (primary N) is 1. The molecule has 1 aromatic heterocycles. The zero-order chi connectivity index (χ0) is 13.1. The second-order valence-electron chi connectivity index (χ2n) is 4.78. The van der Waals surface area contributed by atoms with Crippen LogP contribution in [0.2, 0.25) is 0 Å². The van der Waals surface area contributed by atoms with Crippen LogP contribution >= 0.6 is 0 Å². The van der Waals surface area contributed by atoms with E-state index in [1.54, 1.807) is 6.92 Å². The molecule has 1 unspecified atom stereocenters. The van der Waals surface area contributed by atoms with Crippen molar-refractivity contribution in [2.24, 2.45) is 5.92 Å². The molecule has 1 rings (SSSR count). The molecule has 0 aliphatic rings. The Morgan fingerprint density at radius 2 is 2.24 bits per heavy atom. The predicted octanol–water partition coefficient (Wildman–Crippen LogP) is 0.179. The molecule has 0 aliphatic carbocycles. The highest BCUT2D eigenvalue weighted by atomic mass is 16.6. The molecular formula is C10H18N4O3. The molecule has 1 heterocycles. The number of aliphatic hydroxyl groups is 1. The molecule has 4 N–H and O–H groups in total. The van der Waals surface area contributed by atoms with E-state index in [-0.39, 0.29) is 18.1 Å². The Bertz CT molecular complexity index is 387. The zero-order valence-corrected chi connectivity index (χ0v) is 10.2. The highest BCUT2D eigenvalue weighted by Gasteiger charge is 2.24. The molecule has 0 aromatic carbocycles. The van der Waals surface area contributed by atoms with Gasteiger partial charge in [0.2, 0.25) is 11.5 Å². The van der Waals surface area contributed by atoms with Crippen LogP contribution in [0.4, 0.5) is 5.82 Å². The van der Waals surface area contributed by atoms with Gasteiger partial charge >= 0.3 is 0 Å². The number of carbonyl (C=O) groups is 1. The van der Waals surface area contributed by atoms with Gasteiger partial charge in [0.25, 0.3) is 5.91 Å². The van der Waals surface area contributed by atoms with Crippen molar-refractivity contribution >= 4 is 11.7 Å². The molecule has 0 saturated heterocycles. The van der Waals surface area contributed by atoms with Crippen LogP contribution in [0.15, 0.2) is 4.63 Å². The fraction of sp³-hybridized carbons (Fsp3) is 0.700. The molecule has 0 saturated carbocycles. The molecule has 0 spiro atoms. The largest absolute Gasteiger partial charge is 0.388 e. The molecular weight excluding hydrogens is 224 g/mol. The van der Waals surface area contributed by atoms with E-state index < -0.39 is 11.5 Å². The van der Waals surface area contributed by atoms with Crippen molar-refractivity contribution in [3.63, 3.8) is 0 Å². The van der Waals surface area contributed by atoms with E-state index in [4.69, 9.17) is 5.73 Å². The summed E-state index contributed by atoms with van der Waals surface area (Å²) in [6.07, 6.45) is 0.583. The van der Waals surface area contributed by atoms with Crippen LogP contribution in [0, 0.1) is 5.92 Å². The lowest BCUT2D eigenvalue weighted by molar-refractivity contribution is 0.0367. The number of hydrogen-bond acceptors (Lipinski definition) is 6. The molecule has 1 amide bonds. The lowest BCUT2D eigenvalue weighted by Crippen LogP contribution is -2.41. The summed E-state index contributed by atoms with van der Waals surface area (Å²) in [4.78, 5) is 11.6. The van der Waals surface area contributed by atoms with Gasteiger partial charge in [-0.3, -0.25) is 4.79 Å². The van der Waals surface area contributed by atoms with Crippen molar-refractivity contribution in [2.75, 3.05) is 12.3 Å². The first kappa shape index (κ1) is 13.4. The van der Waals surface area contributed by atoms with Crippen LogP contribution in [-0.2, 0) is 0 Å². The van der Waals surface area contributed by atoms with Crippen LogP contribution in [0.5, 0.6) is 0 Å². The first-order valence-electron chi connectivity index (χ1n) is 5.40. The number of nitrogens with zero attached hydrogens (tertiary/aromatic N) is 2. The average molecular weight is 242 g/mol. The predicted molar refractivity (Wildman–Crippen MR) is 61.1 cm³/mol. The van der Waals surface area contributed by atoms with Gasteiger partial charge in [0.15, 0.2) is 0 Å². The summed E-state index contributed by atoms with van der Waals surface area (Å²) in [5.74, 6) is -0.237. The van der Waals surface area contributed by atoms with E-state index >= 15 is 0 Å². The Morgan fingerprint density at radius 3 is 2.71 bits per heavy atom. The Labute approximate surface area is 99.3 Å². The molecule has 0 bridgehead atoms. The van der Waals surface area contributed by atoms with E-state index in [1.807, 2.05) is 13.8 Å². The second-order valence-corrected chi connectivity index (χ2v) is 4.78. The fourth-order valence-electron chi connectivity index (χ4n) is 1.66. The molecule has 0 aliphatic heterocycles. The maximum atomic E-state index is 11.6. The van der Waals surface area contributed by atoms with Gasteiger partial charge in [-0.2, -0.15) is 0 Å². The van der Waals surface area contributed by atoms with Gasteiger partial charge in [0.05, 0.1) is 5.60 Å². The maximum Gasteiger partial charge on any atom is 0.277 e. The minimum Gasteiger partial charge on any atom is -0.388 e. The topological polar surface area (TPSA) is 114 Å². The smallest absolute Gasteiger partial charge is 0.277 e. The molecule has 7 heteroatoms. The van der Waals surface area contributed by atoms with Crippen LogP contribution in [0.25, 0.3) is 0 Å². The molecule has 96 valence electrons. The van der Waals surface area contributed by atoms with E-state index in [1.165, 1.54) is 0 Å². The monoisotopic (exact) mass is 242 g/mol. The van der Waals surface area contributed by atoms with E-state index in [2.05, 4.69) is 20.3 Å². The van der Waals surface area contributed by atoms with E-state index in [9.17, 15) is 9.90 Å². The number of nitrogens with one attached hydrogen (secondary N) is 1. The number of nitrogen functional groups attached to an aromatic ring is 1. The summed E-state index contributed by atoms with van der Waals surface area (Å²) >= 11 is 0. The van der Waals surface area contributed by atoms with E-state index in [0.717, 1.165) is 0 Å². The third-order valence-electron chi connectivity index (χ3n) is 2.21. The summed E-state index contributed by atoms with van der Waals surface area (Å²) < 4.78 is 4.31. The first-order chi connectivity index (χ1) is 7.82. The van der Waals surface area contributed by atoms with Crippen molar-refractivity contribution in [1.29, 1.82) is 0 Å². The summed E-state index contributed by atoms with van der Waals surface area (Å²) in [7, 11) is 0. The van der Waals surface area contributed by atoms with Crippen LogP contribution in [-0.4, -0.2) is 33.5 Å². The van der Waals surface area contributed by atoms with Gasteiger partial charge < -0.3 is 16.2 Å². The lowest BCUT2D eigenvalue weighted by Gasteiger charge is -2.25. The normalized spacial score (nSPS) is 14.6. The summed E-state index contributed by atoms with van der Waals surface area (Å²) in [5.41, 5.74) is 4.34. The third-order valence-corrected chi connectivity index (χ3v) is 2.21. The highest BCUT2D eigenvalue weighted by Crippen LogP contribution is 2.15. The number of aromatic nitrogens is 2. The summed E-state index contributed by atoms with van der Waals surface area (Å²) in [5, 5.41) is 19.2. The minimum atomic E-state index is -0.963. The standard InChI is InChI=1S/C10H18N4O3/c1-6(2)4-10(3,16)5-12-9(15)7-8(11)14-17-13-7/h6,16H,4-5H2,1-3H3,(H2,11,14)(H,12,15). The molecule has 1 atom stereocenters. The van der Waals surface area contributed by atoms with E-state index in [0.29, 0.717) is 12.3 Å². The Morgan fingerprint density at radius 1 is 1.59 bits per heavy atom. The quantitative estimate of drug-likeness (QED) is 0.678.